The van der Waals surface area contributed by atoms with Crippen molar-refractivity contribution < 1.29 is 0 Å². The molecule has 3 heterocycles. The molecule has 1 aromatic heterocycles. The van der Waals surface area contributed by atoms with Gasteiger partial charge in [0.05, 0.1) is 5.69 Å². The van der Waals surface area contributed by atoms with Gasteiger partial charge < -0.3 is 10.6 Å². The summed E-state index contributed by atoms with van der Waals surface area (Å²) in [5, 5.41) is 7.09. The Hall–Kier alpha value is -1.98. The van der Waals surface area contributed by atoms with E-state index in [0.29, 0.717) is 12.0 Å². The lowest BCUT2D eigenvalue weighted by Crippen LogP contribution is -2.29. The van der Waals surface area contributed by atoms with Crippen molar-refractivity contribution in [3.63, 3.8) is 0 Å². The zero-order valence-corrected chi connectivity index (χ0v) is 14.7. The van der Waals surface area contributed by atoms with Gasteiger partial charge in [0, 0.05) is 44.2 Å². The summed E-state index contributed by atoms with van der Waals surface area (Å²) in [6, 6.07) is 13.3. The maximum absolute atomic E-state index is 4.51. The van der Waals surface area contributed by atoms with Gasteiger partial charge in [-0.25, -0.2) is 9.97 Å². The molecule has 1 unspecified atom stereocenters. The average molecular weight is 337 g/mol. The third kappa shape index (κ3) is 4.35. The first kappa shape index (κ1) is 16.5. The summed E-state index contributed by atoms with van der Waals surface area (Å²) in [6.45, 7) is 5.40. The van der Waals surface area contributed by atoms with Crippen molar-refractivity contribution in [2.75, 3.05) is 31.5 Å². The van der Waals surface area contributed by atoms with Crippen molar-refractivity contribution >= 4 is 5.82 Å². The molecule has 2 aliphatic heterocycles. The summed E-state index contributed by atoms with van der Waals surface area (Å²) < 4.78 is 0. The Bertz CT molecular complexity index is 669. The van der Waals surface area contributed by atoms with Crippen molar-refractivity contribution in [2.24, 2.45) is 0 Å². The lowest BCUT2D eigenvalue weighted by Gasteiger charge is -2.23. The van der Waals surface area contributed by atoms with Gasteiger partial charge in [-0.15, -0.1) is 0 Å². The molecule has 25 heavy (non-hydrogen) atoms. The van der Waals surface area contributed by atoms with Crippen LogP contribution < -0.4 is 10.6 Å². The van der Waals surface area contributed by atoms with Crippen LogP contribution in [-0.4, -0.2) is 47.1 Å². The van der Waals surface area contributed by atoms with E-state index >= 15 is 0 Å². The van der Waals surface area contributed by atoms with Crippen LogP contribution in [0, 0.1) is 0 Å². The van der Waals surface area contributed by atoms with Gasteiger partial charge >= 0.3 is 0 Å². The van der Waals surface area contributed by atoms with Crippen molar-refractivity contribution in [1.29, 1.82) is 0 Å². The minimum absolute atomic E-state index is 0.468. The highest BCUT2D eigenvalue weighted by molar-refractivity contribution is 5.37. The van der Waals surface area contributed by atoms with E-state index in [9.17, 15) is 0 Å². The maximum atomic E-state index is 4.51. The number of rotatable bonds is 5. The molecule has 2 atom stereocenters. The molecule has 1 aromatic carbocycles. The molecule has 0 bridgehead atoms. The number of likely N-dealkylation sites (tertiary alicyclic amines) is 1. The van der Waals surface area contributed by atoms with E-state index in [1.54, 1.807) is 6.33 Å². The van der Waals surface area contributed by atoms with Crippen molar-refractivity contribution in [3.05, 3.63) is 54.0 Å². The van der Waals surface area contributed by atoms with Gasteiger partial charge in [-0.2, -0.15) is 0 Å². The number of anilines is 1. The van der Waals surface area contributed by atoms with E-state index in [-0.39, 0.29) is 0 Å². The van der Waals surface area contributed by atoms with E-state index in [0.717, 1.165) is 45.0 Å². The summed E-state index contributed by atoms with van der Waals surface area (Å²) in [7, 11) is 0. The molecule has 0 saturated carbocycles. The normalized spacial score (nSPS) is 24.3. The number of benzene rings is 1. The second-order valence-corrected chi connectivity index (χ2v) is 7.22. The fourth-order valence-electron chi connectivity index (χ4n) is 3.92. The molecule has 2 aliphatic rings. The highest BCUT2D eigenvalue weighted by atomic mass is 15.2. The molecule has 132 valence electrons. The molecule has 0 radical (unpaired) electrons. The molecule has 5 heteroatoms. The van der Waals surface area contributed by atoms with E-state index in [1.165, 1.54) is 24.1 Å². The number of hydrogen-bond acceptors (Lipinski definition) is 5. The summed E-state index contributed by atoms with van der Waals surface area (Å²) in [6.07, 6.45) is 5.33. The minimum atomic E-state index is 0.468. The average Bonchev–Trinajstić information content (AvgIpc) is 3.10. The zero-order valence-electron chi connectivity index (χ0n) is 14.7. The molecule has 2 aromatic rings. The Morgan fingerprint density at radius 2 is 2.08 bits per heavy atom. The van der Waals surface area contributed by atoms with Crippen LogP contribution >= 0.6 is 0 Å². The highest BCUT2D eigenvalue weighted by Crippen LogP contribution is 2.23. The topological polar surface area (TPSA) is 53.1 Å². The smallest absolute Gasteiger partial charge is 0.129 e. The molecular weight excluding hydrogens is 310 g/mol. The molecule has 4 rings (SSSR count). The first-order valence-electron chi connectivity index (χ1n) is 9.42. The number of nitrogens with zero attached hydrogens (tertiary/aromatic N) is 3. The maximum Gasteiger partial charge on any atom is 0.129 e. The van der Waals surface area contributed by atoms with Gasteiger partial charge in [-0.1, -0.05) is 30.3 Å². The standard InChI is InChI=1S/C20H27N5/c1-2-5-16(6-3-1)13-25-10-8-18(14-25)24-20-11-19(22-15-23-20)17-7-4-9-21-12-17/h1-3,5-6,11,15,17-18,21H,4,7-10,12-14H2,(H,22,23,24)/t17?,18-/m0/s1. The van der Waals surface area contributed by atoms with E-state index in [1.807, 2.05) is 0 Å². The van der Waals surface area contributed by atoms with Gasteiger partial charge in [-0.3, -0.25) is 4.90 Å². The van der Waals surface area contributed by atoms with Crippen molar-refractivity contribution in [3.8, 4) is 0 Å². The first-order chi connectivity index (χ1) is 12.4. The summed E-state index contributed by atoms with van der Waals surface area (Å²) in [5.74, 6) is 1.50. The van der Waals surface area contributed by atoms with Gasteiger partial charge in [-0.05, 0) is 31.4 Å². The Kier molecular flexibility index (Phi) is 5.23. The lowest BCUT2D eigenvalue weighted by molar-refractivity contribution is 0.328. The van der Waals surface area contributed by atoms with Crippen LogP contribution in [-0.2, 0) is 6.54 Å². The predicted octanol–water partition coefficient (Wildman–Crippen LogP) is 2.63. The van der Waals surface area contributed by atoms with Crippen LogP contribution in [0.4, 0.5) is 5.82 Å². The van der Waals surface area contributed by atoms with Crippen LogP contribution in [0.1, 0.15) is 36.4 Å². The van der Waals surface area contributed by atoms with Crippen LogP contribution in [0.5, 0.6) is 0 Å². The Morgan fingerprint density at radius 1 is 1.16 bits per heavy atom. The fourth-order valence-corrected chi connectivity index (χ4v) is 3.92. The van der Waals surface area contributed by atoms with E-state index in [4.69, 9.17) is 0 Å². The predicted molar refractivity (Wildman–Crippen MR) is 101 cm³/mol. The highest BCUT2D eigenvalue weighted by Gasteiger charge is 2.23. The van der Waals surface area contributed by atoms with Gasteiger partial charge in [0.2, 0.25) is 0 Å². The summed E-state index contributed by atoms with van der Waals surface area (Å²) >= 11 is 0. The summed E-state index contributed by atoms with van der Waals surface area (Å²) in [5.41, 5.74) is 2.56. The molecule has 5 nitrogen and oxygen atoms in total. The van der Waals surface area contributed by atoms with Crippen LogP contribution in [0.25, 0.3) is 0 Å². The van der Waals surface area contributed by atoms with Crippen molar-refractivity contribution in [1.82, 2.24) is 20.2 Å². The quantitative estimate of drug-likeness (QED) is 0.878. The summed E-state index contributed by atoms with van der Waals surface area (Å²) in [4.78, 5) is 11.5. The zero-order chi connectivity index (χ0) is 16.9. The third-order valence-corrected chi connectivity index (χ3v) is 5.28. The first-order valence-corrected chi connectivity index (χ1v) is 9.42. The number of hydrogen-bond donors (Lipinski definition) is 2. The molecule has 0 spiro atoms. The van der Waals surface area contributed by atoms with Gasteiger partial charge in [0.1, 0.15) is 12.1 Å². The lowest BCUT2D eigenvalue weighted by atomic mass is 9.96. The van der Waals surface area contributed by atoms with Crippen LogP contribution in [0.2, 0.25) is 0 Å². The molecule has 0 aliphatic carbocycles. The number of aromatic nitrogens is 2. The van der Waals surface area contributed by atoms with Gasteiger partial charge in [0.25, 0.3) is 0 Å². The molecule has 2 N–H and O–H groups in total. The van der Waals surface area contributed by atoms with Gasteiger partial charge in [0.15, 0.2) is 0 Å². The van der Waals surface area contributed by atoms with E-state index in [2.05, 4.69) is 61.9 Å². The second-order valence-electron chi connectivity index (χ2n) is 7.22. The molecular formula is C20H27N5. The molecule has 2 fully saturated rings. The molecule has 0 amide bonds. The Labute approximate surface area is 149 Å². The molecule has 2 saturated heterocycles. The number of nitrogens with one attached hydrogen (secondary N) is 2. The Morgan fingerprint density at radius 3 is 2.92 bits per heavy atom. The van der Waals surface area contributed by atoms with Crippen LogP contribution in [0.15, 0.2) is 42.7 Å². The minimum Gasteiger partial charge on any atom is -0.366 e. The second kappa shape index (κ2) is 7.93. The Balaban J connectivity index is 1.33. The monoisotopic (exact) mass is 337 g/mol. The van der Waals surface area contributed by atoms with Crippen molar-refractivity contribution in [2.45, 2.75) is 37.8 Å². The third-order valence-electron chi connectivity index (χ3n) is 5.28. The SMILES string of the molecule is c1ccc(CN2CC[C@H](Nc3cc(C4CCCNC4)ncn3)C2)cc1. The fraction of sp³-hybridized carbons (Fsp3) is 0.500. The number of piperidine rings is 1. The largest absolute Gasteiger partial charge is 0.366 e. The van der Waals surface area contributed by atoms with E-state index < -0.39 is 0 Å². The van der Waals surface area contributed by atoms with Crippen LogP contribution in [0.3, 0.4) is 0 Å².